The van der Waals surface area contributed by atoms with Gasteiger partial charge in [-0.05, 0) is 37.1 Å². The number of nitrogens with zero attached hydrogens (tertiary/aromatic N) is 5. The summed E-state index contributed by atoms with van der Waals surface area (Å²) in [6.07, 6.45) is 2.38. The topological polar surface area (TPSA) is 115 Å². The number of thioether (sulfide) groups is 1. The summed E-state index contributed by atoms with van der Waals surface area (Å²) in [7, 11) is 0. The molecule has 0 amide bonds. The maximum Gasteiger partial charge on any atom is 0.232 e. The Hall–Kier alpha value is -2.53. The third kappa shape index (κ3) is 4.55. The fraction of sp³-hybridized carbons (Fsp3) is 0.267. The summed E-state index contributed by atoms with van der Waals surface area (Å²) >= 11 is 3.00. The van der Waals surface area contributed by atoms with E-state index in [0.29, 0.717) is 29.3 Å². The third-order valence-electron chi connectivity index (χ3n) is 3.44. The average molecular weight is 390 g/mol. The highest BCUT2D eigenvalue weighted by atomic mass is 32.2. The van der Waals surface area contributed by atoms with Crippen molar-refractivity contribution in [3.05, 3.63) is 35.9 Å². The predicted molar refractivity (Wildman–Crippen MR) is 100 cm³/mol. The number of nitrogens with two attached hydrogens (primary N) is 1. The Balaban J connectivity index is 1.40. The van der Waals surface area contributed by atoms with Crippen molar-refractivity contribution in [1.29, 1.82) is 0 Å². The zero-order valence-corrected chi connectivity index (χ0v) is 15.1. The molecule has 1 saturated carbocycles. The van der Waals surface area contributed by atoms with Crippen molar-refractivity contribution in [2.45, 2.75) is 29.0 Å². The summed E-state index contributed by atoms with van der Waals surface area (Å²) in [5.41, 5.74) is 6.43. The first-order valence-corrected chi connectivity index (χ1v) is 9.70. The SMILES string of the molecule is Nc1nc(CSc2nnc(NC3CC3)s2)nc(Nc2ccc(F)cc2)n1. The molecule has 0 unspecified atom stereocenters. The van der Waals surface area contributed by atoms with Crippen molar-refractivity contribution in [2.75, 3.05) is 16.4 Å². The molecule has 11 heteroatoms. The van der Waals surface area contributed by atoms with Crippen molar-refractivity contribution in [1.82, 2.24) is 25.1 Å². The fourth-order valence-electron chi connectivity index (χ4n) is 2.08. The van der Waals surface area contributed by atoms with E-state index in [-0.39, 0.29) is 11.8 Å². The number of hydrogen-bond donors (Lipinski definition) is 3. The van der Waals surface area contributed by atoms with Crippen LogP contribution in [0.3, 0.4) is 0 Å². The molecule has 3 aromatic rings. The standard InChI is InChI=1S/C15H15FN8S2/c16-8-1-3-9(4-2-8)18-13-21-11(20-12(17)22-13)7-25-15-24-23-14(26-15)19-10-5-6-10/h1-4,10H,5-7H2,(H,19,23)(H3,17,18,20,21,22). The first-order valence-electron chi connectivity index (χ1n) is 7.90. The minimum Gasteiger partial charge on any atom is -0.368 e. The number of benzene rings is 1. The Morgan fingerprint density at radius 2 is 1.96 bits per heavy atom. The molecule has 1 aliphatic carbocycles. The second-order valence-electron chi connectivity index (χ2n) is 5.65. The van der Waals surface area contributed by atoms with Gasteiger partial charge in [0.2, 0.25) is 17.0 Å². The third-order valence-corrected chi connectivity index (χ3v) is 5.42. The van der Waals surface area contributed by atoms with E-state index in [0.717, 1.165) is 9.47 Å². The fourth-order valence-corrected chi connectivity index (χ4v) is 3.76. The van der Waals surface area contributed by atoms with Gasteiger partial charge < -0.3 is 16.4 Å². The highest BCUT2D eigenvalue weighted by Gasteiger charge is 2.22. The van der Waals surface area contributed by atoms with Crippen molar-refractivity contribution in [3.8, 4) is 0 Å². The lowest BCUT2D eigenvalue weighted by molar-refractivity contribution is 0.628. The number of hydrogen-bond acceptors (Lipinski definition) is 10. The van der Waals surface area contributed by atoms with Crippen LogP contribution in [0.2, 0.25) is 0 Å². The van der Waals surface area contributed by atoms with Gasteiger partial charge in [0, 0.05) is 11.7 Å². The monoisotopic (exact) mass is 390 g/mol. The van der Waals surface area contributed by atoms with Crippen LogP contribution in [0.15, 0.2) is 28.6 Å². The van der Waals surface area contributed by atoms with E-state index >= 15 is 0 Å². The van der Waals surface area contributed by atoms with Crippen LogP contribution in [0.4, 0.5) is 27.1 Å². The van der Waals surface area contributed by atoms with Crippen LogP contribution in [-0.2, 0) is 5.75 Å². The zero-order valence-electron chi connectivity index (χ0n) is 13.5. The van der Waals surface area contributed by atoms with Crippen LogP contribution in [0, 0.1) is 5.82 Å². The predicted octanol–water partition coefficient (Wildman–Crippen LogP) is 3.05. The largest absolute Gasteiger partial charge is 0.368 e. The van der Waals surface area contributed by atoms with Gasteiger partial charge in [0.1, 0.15) is 11.6 Å². The normalized spacial score (nSPS) is 13.6. The molecule has 0 spiro atoms. The van der Waals surface area contributed by atoms with Gasteiger partial charge in [-0.1, -0.05) is 23.1 Å². The molecule has 2 heterocycles. The van der Waals surface area contributed by atoms with E-state index in [1.54, 1.807) is 12.1 Å². The van der Waals surface area contributed by atoms with Crippen molar-refractivity contribution in [2.24, 2.45) is 0 Å². The van der Waals surface area contributed by atoms with Gasteiger partial charge in [0.15, 0.2) is 4.34 Å². The summed E-state index contributed by atoms with van der Waals surface area (Å²) in [6.45, 7) is 0. The van der Waals surface area contributed by atoms with Gasteiger partial charge in [-0.2, -0.15) is 15.0 Å². The maximum atomic E-state index is 13.0. The minimum atomic E-state index is -0.310. The van der Waals surface area contributed by atoms with Gasteiger partial charge in [-0.3, -0.25) is 0 Å². The van der Waals surface area contributed by atoms with E-state index in [1.165, 1.54) is 48.1 Å². The summed E-state index contributed by atoms with van der Waals surface area (Å²) in [5.74, 6) is 1.14. The first-order chi connectivity index (χ1) is 12.6. The van der Waals surface area contributed by atoms with Gasteiger partial charge in [0.05, 0.1) is 5.75 Å². The molecule has 1 aromatic carbocycles. The molecule has 2 aromatic heterocycles. The Kier molecular flexibility index (Phi) is 4.80. The number of nitrogens with one attached hydrogen (secondary N) is 2. The highest BCUT2D eigenvalue weighted by Crippen LogP contribution is 2.31. The molecule has 0 saturated heterocycles. The lowest BCUT2D eigenvalue weighted by atomic mass is 10.3. The first kappa shape index (κ1) is 16.9. The van der Waals surface area contributed by atoms with Crippen LogP contribution >= 0.6 is 23.1 Å². The van der Waals surface area contributed by atoms with Crippen molar-refractivity contribution < 1.29 is 4.39 Å². The molecule has 0 bridgehead atoms. The lowest BCUT2D eigenvalue weighted by Crippen LogP contribution is -2.06. The molecule has 1 fully saturated rings. The summed E-state index contributed by atoms with van der Waals surface area (Å²) in [4.78, 5) is 12.5. The van der Waals surface area contributed by atoms with Crippen LogP contribution in [0.1, 0.15) is 18.7 Å². The Morgan fingerprint density at radius 1 is 1.15 bits per heavy atom. The smallest absolute Gasteiger partial charge is 0.232 e. The Bertz CT molecular complexity index is 897. The molecule has 1 aliphatic rings. The Labute approximate surface area is 156 Å². The van der Waals surface area contributed by atoms with E-state index in [1.807, 2.05) is 0 Å². The van der Waals surface area contributed by atoms with Crippen LogP contribution in [0.25, 0.3) is 0 Å². The van der Waals surface area contributed by atoms with Gasteiger partial charge in [-0.15, -0.1) is 10.2 Å². The molecule has 4 rings (SSSR count). The molecular formula is C15H15FN8S2. The van der Waals surface area contributed by atoms with Crippen LogP contribution in [-0.4, -0.2) is 31.2 Å². The second kappa shape index (κ2) is 7.38. The van der Waals surface area contributed by atoms with E-state index < -0.39 is 0 Å². The quantitative estimate of drug-likeness (QED) is 0.524. The molecule has 0 atom stereocenters. The van der Waals surface area contributed by atoms with Gasteiger partial charge in [-0.25, -0.2) is 4.39 Å². The Morgan fingerprint density at radius 3 is 2.73 bits per heavy atom. The summed E-state index contributed by atoms with van der Waals surface area (Å²) < 4.78 is 13.8. The number of nitrogen functional groups attached to an aromatic ring is 1. The van der Waals surface area contributed by atoms with E-state index in [2.05, 4.69) is 35.8 Å². The summed E-state index contributed by atoms with van der Waals surface area (Å²) in [6, 6.07) is 6.45. The van der Waals surface area contributed by atoms with E-state index in [9.17, 15) is 4.39 Å². The van der Waals surface area contributed by atoms with E-state index in [4.69, 9.17) is 5.73 Å². The molecule has 4 N–H and O–H groups in total. The average Bonchev–Trinajstić information content (AvgIpc) is 3.31. The minimum absolute atomic E-state index is 0.119. The van der Waals surface area contributed by atoms with Crippen molar-refractivity contribution >= 4 is 45.8 Å². The van der Waals surface area contributed by atoms with Gasteiger partial charge >= 0.3 is 0 Å². The molecule has 134 valence electrons. The number of halogens is 1. The number of aromatic nitrogens is 5. The highest BCUT2D eigenvalue weighted by molar-refractivity contribution is 8.00. The van der Waals surface area contributed by atoms with Crippen LogP contribution in [0.5, 0.6) is 0 Å². The zero-order chi connectivity index (χ0) is 17.9. The number of anilines is 4. The lowest BCUT2D eigenvalue weighted by Gasteiger charge is -2.06. The second-order valence-corrected chi connectivity index (χ2v) is 7.85. The van der Waals surface area contributed by atoms with Gasteiger partial charge in [0.25, 0.3) is 0 Å². The molecular weight excluding hydrogens is 375 g/mol. The van der Waals surface area contributed by atoms with Crippen LogP contribution < -0.4 is 16.4 Å². The van der Waals surface area contributed by atoms with Crippen molar-refractivity contribution in [3.63, 3.8) is 0 Å². The summed E-state index contributed by atoms with van der Waals surface area (Å²) in [5, 5.41) is 15.4. The molecule has 26 heavy (non-hydrogen) atoms. The molecule has 0 aliphatic heterocycles. The molecule has 8 nitrogen and oxygen atoms in total. The number of rotatable bonds is 7. The molecule has 0 radical (unpaired) electrons. The maximum absolute atomic E-state index is 13.0.